The fraction of sp³-hybridized carbons (Fsp3) is 0.611. The van der Waals surface area contributed by atoms with Gasteiger partial charge in [0.1, 0.15) is 5.82 Å². The monoisotopic (exact) mass is 337 g/mol. The lowest BCUT2D eigenvalue weighted by Crippen LogP contribution is -2.50. The number of benzene rings is 1. The number of likely N-dealkylation sites (tertiary alicyclic amines) is 1. The van der Waals surface area contributed by atoms with Crippen molar-refractivity contribution in [3.63, 3.8) is 0 Å². The van der Waals surface area contributed by atoms with E-state index in [4.69, 9.17) is 0 Å². The number of aliphatic hydroxyl groups excluding tert-OH is 1. The molecule has 1 aliphatic heterocycles. The molecule has 24 heavy (non-hydrogen) atoms. The van der Waals surface area contributed by atoms with Crippen molar-refractivity contribution in [2.45, 2.75) is 37.8 Å². The van der Waals surface area contributed by atoms with E-state index < -0.39 is 0 Å². The summed E-state index contributed by atoms with van der Waals surface area (Å²) in [7, 11) is 3.83. The zero-order valence-electron chi connectivity index (χ0n) is 14.5. The third-order valence-corrected chi connectivity index (χ3v) is 4.65. The summed E-state index contributed by atoms with van der Waals surface area (Å²) >= 11 is 0. The molecule has 2 atom stereocenters. The lowest BCUT2D eigenvalue weighted by atomic mass is 10.00. The second kappa shape index (κ2) is 8.99. The summed E-state index contributed by atoms with van der Waals surface area (Å²) in [6, 6.07) is 6.40. The van der Waals surface area contributed by atoms with Crippen molar-refractivity contribution in [3.05, 3.63) is 35.6 Å². The van der Waals surface area contributed by atoms with Crippen molar-refractivity contribution in [2.75, 3.05) is 33.8 Å². The van der Waals surface area contributed by atoms with Crippen LogP contribution in [0.2, 0.25) is 0 Å². The minimum Gasteiger partial charge on any atom is -0.396 e. The highest BCUT2D eigenvalue weighted by atomic mass is 19.1. The van der Waals surface area contributed by atoms with Crippen LogP contribution in [0, 0.1) is 5.82 Å². The number of urea groups is 1. The molecule has 1 saturated heterocycles. The Labute approximate surface area is 143 Å². The molecule has 1 aromatic carbocycles. The molecule has 0 saturated carbocycles. The number of hydrogen-bond acceptors (Lipinski definition) is 3. The summed E-state index contributed by atoms with van der Waals surface area (Å²) in [5.41, 5.74) is 0.839. The van der Waals surface area contributed by atoms with Gasteiger partial charge in [-0.05, 0) is 57.5 Å². The van der Waals surface area contributed by atoms with Crippen LogP contribution >= 0.6 is 0 Å². The number of carbonyl (C=O) groups excluding carboxylic acids is 1. The molecule has 1 aromatic rings. The molecular formula is C18H28FN3O2. The number of hydrogen-bond donors (Lipinski definition) is 2. The van der Waals surface area contributed by atoms with Crippen LogP contribution in [0.1, 0.15) is 37.3 Å². The molecule has 0 aliphatic carbocycles. The normalized spacial score (nSPS) is 19.4. The number of nitrogens with zero attached hydrogens (tertiary/aromatic N) is 2. The zero-order chi connectivity index (χ0) is 17.5. The molecule has 0 aromatic heterocycles. The van der Waals surface area contributed by atoms with Gasteiger partial charge < -0.3 is 20.2 Å². The van der Waals surface area contributed by atoms with E-state index in [0.29, 0.717) is 13.0 Å². The number of likely N-dealkylation sites (N-methyl/N-ethyl adjacent to an activating group) is 1. The van der Waals surface area contributed by atoms with Crippen LogP contribution in [0.15, 0.2) is 24.3 Å². The van der Waals surface area contributed by atoms with Crippen LogP contribution < -0.4 is 5.32 Å². The Bertz CT molecular complexity index is 537. The van der Waals surface area contributed by atoms with Gasteiger partial charge in [0, 0.05) is 25.7 Å². The third-order valence-electron chi connectivity index (χ3n) is 4.65. The molecule has 2 amide bonds. The highest BCUT2D eigenvalue weighted by molar-refractivity contribution is 5.74. The number of piperidine rings is 1. The number of nitrogens with one attached hydrogen (secondary N) is 1. The van der Waals surface area contributed by atoms with Gasteiger partial charge in [0.05, 0.1) is 6.04 Å². The highest BCUT2D eigenvalue weighted by Gasteiger charge is 2.27. The Morgan fingerprint density at radius 1 is 1.46 bits per heavy atom. The van der Waals surface area contributed by atoms with Gasteiger partial charge in [-0.25, -0.2) is 9.18 Å². The molecule has 2 rings (SSSR count). The van der Waals surface area contributed by atoms with Gasteiger partial charge in [-0.2, -0.15) is 0 Å². The van der Waals surface area contributed by atoms with Gasteiger partial charge in [-0.1, -0.05) is 12.1 Å². The van der Waals surface area contributed by atoms with E-state index in [9.17, 15) is 14.3 Å². The van der Waals surface area contributed by atoms with E-state index in [1.54, 1.807) is 6.07 Å². The first-order valence-corrected chi connectivity index (χ1v) is 8.60. The first-order valence-electron chi connectivity index (χ1n) is 8.60. The molecule has 1 aliphatic rings. The van der Waals surface area contributed by atoms with Gasteiger partial charge in [0.15, 0.2) is 0 Å². The van der Waals surface area contributed by atoms with Crippen molar-refractivity contribution >= 4 is 6.03 Å². The Morgan fingerprint density at radius 3 is 2.92 bits per heavy atom. The predicted molar refractivity (Wildman–Crippen MR) is 92.3 cm³/mol. The average Bonchev–Trinajstić information content (AvgIpc) is 2.55. The van der Waals surface area contributed by atoms with Crippen LogP contribution in [0.5, 0.6) is 0 Å². The maximum absolute atomic E-state index is 13.5. The molecule has 0 spiro atoms. The topological polar surface area (TPSA) is 55.8 Å². The highest BCUT2D eigenvalue weighted by Crippen LogP contribution is 2.21. The lowest BCUT2D eigenvalue weighted by Gasteiger charge is -2.36. The van der Waals surface area contributed by atoms with Crippen molar-refractivity contribution in [2.24, 2.45) is 0 Å². The quantitative estimate of drug-likeness (QED) is 0.838. The average molecular weight is 337 g/mol. The van der Waals surface area contributed by atoms with Crippen LogP contribution in [0.4, 0.5) is 9.18 Å². The third kappa shape index (κ3) is 4.92. The standard InChI is InChI=1S/C18H28FN3O2/c1-21(2)17(14-6-5-7-15(19)12-14)13-20-18(24)22-10-4-3-8-16(22)9-11-23/h5-7,12,16-17,23H,3-4,8-11,13H2,1-2H3,(H,20,24). The van der Waals surface area contributed by atoms with Crippen molar-refractivity contribution in [3.8, 4) is 0 Å². The molecule has 1 fully saturated rings. The molecular weight excluding hydrogens is 309 g/mol. The molecule has 0 bridgehead atoms. The van der Waals surface area contributed by atoms with Gasteiger partial charge in [-0.15, -0.1) is 0 Å². The number of carbonyl (C=O) groups is 1. The molecule has 0 radical (unpaired) electrons. The largest absolute Gasteiger partial charge is 0.396 e. The number of aliphatic hydroxyl groups is 1. The fourth-order valence-electron chi connectivity index (χ4n) is 3.32. The maximum Gasteiger partial charge on any atom is 0.317 e. The Morgan fingerprint density at radius 2 is 2.25 bits per heavy atom. The molecule has 1 heterocycles. The smallest absolute Gasteiger partial charge is 0.317 e. The Hall–Kier alpha value is -1.66. The second-order valence-corrected chi connectivity index (χ2v) is 6.58. The van der Waals surface area contributed by atoms with E-state index in [0.717, 1.165) is 31.4 Å². The number of halogens is 1. The zero-order valence-corrected chi connectivity index (χ0v) is 14.5. The van der Waals surface area contributed by atoms with E-state index in [-0.39, 0.29) is 30.5 Å². The predicted octanol–water partition coefficient (Wildman–Crippen LogP) is 2.37. The van der Waals surface area contributed by atoms with E-state index in [2.05, 4.69) is 5.32 Å². The van der Waals surface area contributed by atoms with Crippen LogP contribution in [-0.4, -0.2) is 60.8 Å². The van der Waals surface area contributed by atoms with Gasteiger partial charge in [0.25, 0.3) is 0 Å². The van der Waals surface area contributed by atoms with E-state index in [1.807, 2.05) is 30.0 Å². The number of rotatable bonds is 6. The van der Waals surface area contributed by atoms with Gasteiger partial charge in [-0.3, -0.25) is 0 Å². The summed E-state index contributed by atoms with van der Waals surface area (Å²) in [5.74, 6) is -0.273. The minimum absolute atomic E-state index is 0.0919. The van der Waals surface area contributed by atoms with Crippen molar-refractivity contribution in [1.29, 1.82) is 0 Å². The SMILES string of the molecule is CN(C)C(CNC(=O)N1CCCCC1CCO)c1cccc(F)c1. The maximum atomic E-state index is 13.5. The summed E-state index contributed by atoms with van der Waals surface area (Å²) in [4.78, 5) is 16.3. The molecule has 134 valence electrons. The fourth-order valence-corrected chi connectivity index (χ4v) is 3.32. The first-order chi connectivity index (χ1) is 11.5. The number of amides is 2. The summed E-state index contributed by atoms with van der Waals surface area (Å²) in [5, 5.41) is 12.2. The lowest BCUT2D eigenvalue weighted by molar-refractivity contribution is 0.130. The molecule has 2 N–H and O–H groups in total. The van der Waals surface area contributed by atoms with Gasteiger partial charge in [0.2, 0.25) is 0 Å². The minimum atomic E-state index is -0.273. The summed E-state index contributed by atoms with van der Waals surface area (Å²) in [6.45, 7) is 1.23. The Kier molecular flexibility index (Phi) is 6.99. The molecule has 2 unspecified atom stereocenters. The first kappa shape index (κ1) is 18.7. The van der Waals surface area contributed by atoms with E-state index in [1.165, 1.54) is 12.1 Å². The van der Waals surface area contributed by atoms with Crippen LogP contribution in [0.25, 0.3) is 0 Å². The van der Waals surface area contributed by atoms with Crippen molar-refractivity contribution in [1.82, 2.24) is 15.1 Å². The molecule has 6 heteroatoms. The van der Waals surface area contributed by atoms with Crippen LogP contribution in [-0.2, 0) is 0 Å². The summed E-state index contributed by atoms with van der Waals surface area (Å²) in [6.07, 6.45) is 3.65. The van der Waals surface area contributed by atoms with Gasteiger partial charge >= 0.3 is 6.03 Å². The summed E-state index contributed by atoms with van der Waals surface area (Å²) < 4.78 is 13.5. The Balaban J connectivity index is 1.99. The van der Waals surface area contributed by atoms with Crippen LogP contribution in [0.3, 0.4) is 0 Å². The van der Waals surface area contributed by atoms with Crippen molar-refractivity contribution < 1.29 is 14.3 Å². The second-order valence-electron chi connectivity index (χ2n) is 6.58. The van der Waals surface area contributed by atoms with E-state index >= 15 is 0 Å². The molecule has 5 nitrogen and oxygen atoms in total.